The van der Waals surface area contributed by atoms with E-state index in [2.05, 4.69) is 0 Å². The predicted molar refractivity (Wildman–Crippen MR) is 98.9 cm³/mol. The molecule has 7 heteroatoms. The van der Waals surface area contributed by atoms with Gasteiger partial charge in [-0.25, -0.2) is 4.98 Å². The third-order valence-corrected chi connectivity index (χ3v) is 6.05. The molecule has 0 unspecified atom stereocenters. The van der Waals surface area contributed by atoms with Gasteiger partial charge >= 0.3 is 5.97 Å². The van der Waals surface area contributed by atoms with Gasteiger partial charge in [-0.15, -0.1) is 11.3 Å². The molecule has 1 N–H and O–H groups in total. The summed E-state index contributed by atoms with van der Waals surface area (Å²) in [4.78, 5) is 19.1. The van der Waals surface area contributed by atoms with Crippen LogP contribution in [0, 0.1) is 18.3 Å². The fourth-order valence-electron chi connectivity index (χ4n) is 3.79. The first-order valence-corrected chi connectivity index (χ1v) is 9.24. The lowest BCUT2D eigenvalue weighted by molar-refractivity contribution is -0.145. The molecule has 6 nitrogen and oxygen atoms in total. The van der Waals surface area contributed by atoms with Crippen molar-refractivity contribution in [1.82, 2.24) is 4.98 Å². The Hall–Kier alpha value is -2.54. The molecule has 136 valence electrons. The van der Waals surface area contributed by atoms with Gasteiger partial charge in [0.2, 0.25) is 0 Å². The van der Waals surface area contributed by atoms with Crippen molar-refractivity contribution < 1.29 is 19.4 Å². The molecule has 2 heterocycles. The van der Waals surface area contributed by atoms with E-state index < -0.39 is 5.41 Å². The molecular weight excluding hydrogens is 352 g/mol. The summed E-state index contributed by atoms with van der Waals surface area (Å²) in [5.41, 5.74) is 2.67. The fourth-order valence-corrected chi connectivity index (χ4v) is 4.64. The summed E-state index contributed by atoms with van der Waals surface area (Å²) < 4.78 is 10.3. The minimum Gasteiger partial charge on any atom is -0.507 e. The Bertz CT molecular complexity index is 907. The monoisotopic (exact) mass is 372 g/mol. The molecule has 26 heavy (non-hydrogen) atoms. The number of ether oxygens (including phenoxy) is 2. The normalized spacial score (nSPS) is 25.3. The molecule has 1 saturated heterocycles. The fraction of sp³-hybridized carbons (Fsp3) is 0.368. The first kappa shape index (κ1) is 16.9. The predicted octanol–water partition coefficient (Wildman–Crippen LogP) is 3.31. The molecule has 0 radical (unpaired) electrons. The number of phenolic OH excluding ortho intramolecular Hbond substituents is 1. The number of carbonyl (C=O) groups is 1. The number of aromatic nitrogens is 1. The molecule has 1 aliphatic heterocycles. The highest BCUT2D eigenvalue weighted by atomic mass is 32.1. The van der Waals surface area contributed by atoms with E-state index in [4.69, 9.17) is 14.5 Å². The van der Waals surface area contributed by atoms with Crippen LogP contribution in [0.1, 0.15) is 12.0 Å². The quantitative estimate of drug-likeness (QED) is 0.656. The van der Waals surface area contributed by atoms with Crippen LogP contribution in [0.2, 0.25) is 0 Å². The average molecular weight is 372 g/mol. The van der Waals surface area contributed by atoms with Gasteiger partial charge < -0.3 is 19.5 Å². The highest BCUT2D eigenvalue weighted by Gasteiger charge is 2.70. The van der Waals surface area contributed by atoms with E-state index in [0.717, 1.165) is 28.5 Å². The Morgan fingerprint density at radius 3 is 3.00 bits per heavy atom. The van der Waals surface area contributed by atoms with Crippen LogP contribution in [-0.2, 0) is 14.3 Å². The van der Waals surface area contributed by atoms with Crippen LogP contribution in [0.15, 0.2) is 35.5 Å². The van der Waals surface area contributed by atoms with E-state index in [1.54, 1.807) is 19.4 Å². The second kappa shape index (κ2) is 6.02. The van der Waals surface area contributed by atoms with E-state index in [9.17, 15) is 9.90 Å². The smallest absolute Gasteiger partial charge is 0.318 e. The molecular formula is C19H20N2O4S. The Labute approximate surface area is 155 Å². The molecule has 2 aliphatic rings. The first-order valence-electron chi connectivity index (χ1n) is 8.36. The highest BCUT2D eigenvalue weighted by Crippen LogP contribution is 2.65. The number of esters is 1. The maximum Gasteiger partial charge on any atom is 0.318 e. The number of fused-ring (bicyclic) bond motifs is 1. The van der Waals surface area contributed by atoms with Crippen LogP contribution in [0.3, 0.4) is 0 Å². The number of rotatable bonds is 4. The van der Waals surface area contributed by atoms with Gasteiger partial charge in [0.1, 0.15) is 17.4 Å². The zero-order chi connectivity index (χ0) is 18.5. The lowest BCUT2D eigenvalue weighted by Crippen LogP contribution is -2.27. The standard InChI is InChI=1S/C19H20N2O4S/c1-11-4-5-15(22)13(6-11)14-10-26-18(20-14)21-8-12-7-19(12,17(23)25-3)16(21)9-24-2/h4-6,9-10,12,22H,7-8H2,1-3H3/b16-9+/t12-,19+/m0/s1. The van der Waals surface area contributed by atoms with Gasteiger partial charge in [-0.1, -0.05) is 11.6 Å². The van der Waals surface area contributed by atoms with Gasteiger partial charge in [-0.3, -0.25) is 4.79 Å². The van der Waals surface area contributed by atoms with Gasteiger partial charge in [0, 0.05) is 23.4 Å². The third kappa shape index (κ3) is 2.38. The van der Waals surface area contributed by atoms with Gasteiger partial charge in [0.05, 0.1) is 25.6 Å². The lowest BCUT2D eigenvalue weighted by atomic mass is 10.0. The van der Waals surface area contributed by atoms with Crippen molar-refractivity contribution in [3.63, 3.8) is 0 Å². The van der Waals surface area contributed by atoms with E-state index in [1.807, 2.05) is 29.3 Å². The molecule has 2 atom stereocenters. The molecule has 1 aromatic carbocycles. The van der Waals surface area contributed by atoms with Crippen molar-refractivity contribution >= 4 is 22.4 Å². The maximum atomic E-state index is 12.4. The molecule has 1 saturated carbocycles. The number of anilines is 1. The Morgan fingerprint density at radius 2 is 2.27 bits per heavy atom. The Balaban J connectivity index is 1.69. The topological polar surface area (TPSA) is 71.9 Å². The number of aromatic hydroxyl groups is 1. The van der Waals surface area contributed by atoms with Gasteiger partial charge in [-0.05, 0) is 25.5 Å². The van der Waals surface area contributed by atoms with E-state index in [1.165, 1.54) is 18.4 Å². The van der Waals surface area contributed by atoms with Crippen LogP contribution in [0.5, 0.6) is 5.75 Å². The highest BCUT2D eigenvalue weighted by molar-refractivity contribution is 7.14. The number of benzene rings is 1. The molecule has 2 fully saturated rings. The molecule has 1 aromatic heterocycles. The zero-order valence-corrected chi connectivity index (χ0v) is 15.7. The second-order valence-corrected chi connectivity index (χ2v) is 7.59. The lowest BCUT2D eigenvalue weighted by Gasteiger charge is -2.22. The summed E-state index contributed by atoms with van der Waals surface area (Å²) >= 11 is 1.48. The molecule has 1 aliphatic carbocycles. The first-order chi connectivity index (χ1) is 12.5. The Morgan fingerprint density at radius 1 is 1.46 bits per heavy atom. The minimum absolute atomic E-state index is 0.204. The zero-order valence-electron chi connectivity index (χ0n) is 14.9. The van der Waals surface area contributed by atoms with E-state index in [-0.39, 0.29) is 17.6 Å². The molecule has 0 amide bonds. The largest absolute Gasteiger partial charge is 0.507 e. The van der Waals surface area contributed by atoms with Crippen molar-refractivity contribution in [3.05, 3.63) is 41.1 Å². The minimum atomic E-state index is -0.609. The molecule has 2 aromatic rings. The number of phenols is 1. The van der Waals surface area contributed by atoms with Crippen LogP contribution in [0.25, 0.3) is 11.3 Å². The Kier molecular flexibility index (Phi) is 3.91. The van der Waals surface area contributed by atoms with Gasteiger partial charge in [-0.2, -0.15) is 0 Å². The van der Waals surface area contributed by atoms with Crippen LogP contribution < -0.4 is 4.90 Å². The van der Waals surface area contributed by atoms with Crippen LogP contribution in [-0.4, -0.2) is 36.8 Å². The van der Waals surface area contributed by atoms with E-state index in [0.29, 0.717) is 12.1 Å². The average Bonchev–Trinajstić information content (AvgIpc) is 3.01. The van der Waals surface area contributed by atoms with Crippen molar-refractivity contribution in [2.24, 2.45) is 11.3 Å². The number of carbonyl (C=O) groups excluding carboxylic acids is 1. The summed E-state index contributed by atoms with van der Waals surface area (Å²) in [7, 11) is 2.99. The molecule has 0 spiro atoms. The summed E-state index contributed by atoms with van der Waals surface area (Å²) in [5, 5.41) is 12.8. The van der Waals surface area contributed by atoms with Gasteiger partial charge in [0.15, 0.2) is 5.13 Å². The summed E-state index contributed by atoms with van der Waals surface area (Å²) in [5.74, 6) is 0.202. The maximum absolute atomic E-state index is 12.4. The summed E-state index contributed by atoms with van der Waals surface area (Å²) in [6.45, 7) is 2.68. The number of hydrogen-bond acceptors (Lipinski definition) is 7. The SMILES string of the molecule is CO/C=C1/N(c2nc(-c3cc(C)ccc3O)cs2)C[C@@H]2C[C@]12C(=O)OC. The number of methoxy groups -OCH3 is 2. The number of aryl methyl sites for hydroxylation is 1. The summed E-state index contributed by atoms with van der Waals surface area (Å²) in [6.07, 6.45) is 2.40. The number of nitrogens with zero attached hydrogens (tertiary/aromatic N) is 2. The second-order valence-electron chi connectivity index (χ2n) is 6.75. The van der Waals surface area contributed by atoms with Gasteiger partial charge in [0.25, 0.3) is 0 Å². The van der Waals surface area contributed by atoms with Crippen molar-refractivity contribution in [2.75, 3.05) is 25.7 Å². The van der Waals surface area contributed by atoms with Crippen molar-refractivity contribution in [2.45, 2.75) is 13.3 Å². The van der Waals surface area contributed by atoms with E-state index >= 15 is 0 Å². The third-order valence-electron chi connectivity index (χ3n) is 5.19. The summed E-state index contributed by atoms with van der Waals surface area (Å²) in [6, 6.07) is 5.45. The van der Waals surface area contributed by atoms with Crippen LogP contribution >= 0.6 is 11.3 Å². The number of hydrogen-bond donors (Lipinski definition) is 1. The molecule has 4 rings (SSSR count). The number of piperidine rings is 1. The van der Waals surface area contributed by atoms with Crippen molar-refractivity contribution in [1.29, 1.82) is 0 Å². The number of thiazole rings is 1. The molecule has 0 bridgehead atoms. The van der Waals surface area contributed by atoms with Crippen molar-refractivity contribution in [3.8, 4) is 17.0 Å². The van der Waals surface area contributed by atoms with Crippen LogP contribution in [0.4, 0.5) is 5.13 Å².